The highest BCUT2D eigenvalue weighted by Gasteiger charge is 2.47. The largest absolute Gasteiger partial charge is 0.454 e. The second kappa shape index (κ2) is 49.0. The molecule has 1 saturated heterocycles. The van der Waals surface area contributed by atoms with Gasteiger partial charge in [-0.3, -0.25) is 9.59 Å². The number of esters is 1. The van der Waals surface area contributed by atoms with E-state index in [1.54, 1.807) is 6.08 Å². The molecule has 1 amide bonds. The Morgan fingerprint density at radius 2 is 0.930 bits per heavy atom. The van der Waals surface area contributed by atoms with Crippen molar-refractivity contribution in [3.05, 3.63) is 24.3 Å². The minimum Gasteiger partial charge on any atom is -0.454 e. The molecule has 0 aliphatic carbocycles. The molecular weight excluding hydrogens is 895 g/mol. The Morgan fingerprint density at radius 3 is 1.38 bits per heavy atom. The van der Waals surface area contributed by atoms with Gasteiger partial charge < -0.3 is 45.1 Å². The van der Waals surface area contributed by atoms with Gasteiger partial charge in [-0.2, -0.15) is 0 Å². The number of nitrogens with one attached hydrogen (secondary N) is 1. The fourth-order valence-electron chi connectivity index (χ4n) is 9.53. The van der Waals surface area contributed by atoms with Crippen molar-refractivity contribution in [2.75, 3.05) is 13.2 Å². The van der Waals surface area contributed by atoms with E-state index in [0.717, 1.165) is 70.6 Å². The fourth-order valence-corrected chi connectivity index (χ4v) is 9.53. The molecule has 418 valence electrons. The molecule has 1 heterocycles. The second-order valence-corrected chi connectivity index (χ2v) is 21.1. The Balaban J connectivity index is 2.72. The van der Waals surface area contributed by atoms with E-state index >= 15 is 0 Å². The number of rotatable bonds is 51. The number of aliphatic hydroxyl groups is 5. The first-order valence-corrected chi connectivity index (χ1v) is 30.1. The molecule has 0 saturated carbocycles. The van der Waals surface area contributed by atoms with Crippen LogP contribution in [0.2, 0.25) is 0 Å². The van der Waals surface area contributed by atoms with Crippen LogP contribution >= 0.6 is 0 Å². The zero-order chi connectivity index (χ0) is 51.8. The molecule has 1 aliphatic heterocycles. The third-order valence-electron chi connectivity index (χ3n) is 14.4. The molecule has 8 atom stereocenters. The predicted molar refractivity (Wildman–Crippen MR) is 292 cm³/mol. The molecule has 71 heavy (non-hydrogen) atoms. The van der Waals surface area contributed by atoms with Crippen molar-refractivity contribution in [3.8, 4) is 0 Å². The van der Waals surface area contributed by atoms with Crippen molar-refractivity contribution >= 4 is 11.9 Å². The van der Waals surface area contributed by atoms with Gasteiger partial charge >= 0.3 is 5.97 Å². The van der Waals surface area contributed by atoms with Crippen molar-refractivity contribution < 1.29 is 49.3 Å². The summed E-state index contributed by atoms with van der Waals surface area (Å²) in [6, 6.07) is -1.02. The molecule has 1 rings (SSSR count). The lowest BCUT2D eigenvalue weighted by molar-refractivity contribution is -0.305. The molecule has 0 bridgehead atoms. The van der Waals surface area contributed by atoms with Gasteiger partial charge in [-0.15, -0.1) is 0 Å². The summed E-state index contributed by atoms with van der Waals surface area (Å²) in [7, 11) is 0. The van der Waals surface area contributed by atoms with E-state index in [1.165, 1.54) is 167 Å². The number of hydrogen-bond acceptors (Lipinski definition) is 10. The maximum Gasteiger partial charge on any atom is 0.306 e. The van der Waals surface area contributed by atoms with Crippen LogP contribution in [0.3, 0.4) is 0 Å². The molecule has 0 aromatic carbocycles. The van der Waals surface area contributed by atoms with E-state index in [0.29, 0.717) is 19.3 Å². The zero-order valence-corrected chi connectivity index (χ0v) is 46.1. The van der Waals surface area contributed by atoms with Gasteiger partial charge in [0.05, 0.1) is 25.4 Å². The molecule has 1 aliphatic rings. The van der Waals surface area contributed by atoms with Gasteiger partial charge in [-0.25, -0.2) is 0 Å². The molecule has 6 N–H and O–H groups in total. The smallest absolute Gasteiger partial charge is 0.306 e. The summed E-state index contributed by atoms with van der Waals surface area (Å²) in [6.45, 7) is 5.79. The van der Waals surface area contributed by atoms with E-state index in [-0.39, 0.29) is 13.0 Å². The summed E-state index contributed by atoms with van der Waals surface area (Å²) in [6.07, 6.45) is 45.0. The molecule has 0 aromatic rings. The third kappa shape index (κ3) is 37.5. The summed E-state index contributed by atoms with van der Waals surface area (Å²) >= 11 is 0. The molecule has 0 spiro atoms. The van der Waals surface area contributed by atoms with E-state index < -0.39 is 67.4 Å². The molecule has 11 nitrogen and oxygen atoms in total. The van der Waals surface area contributed by atoms with Crippen LogP contribution in [0, 0.1) is 0 Å². The number of amides is 1. The van der Waals surface area contributed by atoms with Crippen molar-refractivity contribution in [3.63, 3.8) is 0 Å². The average molecular weight is 1010 g/mol. The zero-order valence-electron chi connectivity index (χ0n) is 46.1. The third-order valence-corrected chi connectivity index (χ3v) is 14.4. The van der Waals surface area contributed by atoms with Crippen LogP contribution in [-0.4, -0.2) is 99.6 Å². The molecule has 0 radical (unpaired) electrons. The number of unbranched alkanes of at least 4 members (excludes halogenated alkanes) is 35. The van der Waals surface area contributed by atoms with Gasteiger partial charge in [0.1, 0.15) is 24.4 Å². The number of allylic oxidation sites excluding steroid dienone is 3. The summed E-state index contributed by atoms with van der Waals surface area (Å²) in [5, 5.41) is 56.9. The Kier molecular flexibility index (Phi) is 46.4. The summed E-state index contributed by atoms with van der Waals surface area (Å²) in [4.78, 5) is 26.5. The summed E-state index contributed by atoms with van der Waals surface area (Å²) in [5.74, 6) is -1.19. The van der Waals surface area contributed by atoms with E-state index in [1.807, 2.05) is 6.08 Å². The number of hydrogen-bond donors (Lipinski definition) is 6. The molecule has 8 unspecified atom stereocenters. The SMILES string of the molecule is CCCCCC/C=C\CCCCCCCCCC(=O)OC1C(OCC(NC(=O)C(O)CCCCCCCCCCCCCCCC)C(O)/C=C/CCCCCCCCCCCCC)OC(CO)C(O)C1O. The maximum atomic E-state index is 13.4. The van der Waals surface area contributed by atoms with Gasteiger partial charge in [-0.05, 0) is 51.4 Å². The van der Waals surface area contributed by atoms with E-state index in [2.05, 4.69) is 38.2 Å². The Hall–Kier alpha value is -1.86. The number of aliphatic hydroxyl groups excluding tert-OH is 5. The number of carbonyl (C=O) groups is 2. The highest BCUT2D eigenvalue weighted by Crippen LogP contribution is 2.26. The van der Waals surface area contributed by atoms with Crippen molar-refractivity contribution in [2.45, 2.75) is 333 Å². The minimum atomic E-state index is -1.61. The van der Waals surface area contributed by atoms with Gasteiger partial charge in [0.2, 0.25) is 5.91 Å². The maximum absolute atomic E-state index is 13.4. The van der Waals surface area contributed by atoms with Crippen LogP contribution < -0.4 is 5.32 Å². The van der Waals surface area contributed by atoms with E-state index in [9.17, 15) is 35.1 Å². The number of ether oxygens (including phenoxy) is 3. The number of carbonyl (C=O) groups excluding carboxylic acids is 2. The van der Waals surface area contributed by atoms with Crippen LogP contribution in [0.4, 0.5) is 0 Å². The fraction of sp³-hybridized carbons (Fsp3) is 0.900. The lowest BCUT2D eigenvalue weighted by Crippen LogP contribution is -2.61. The standard InChI is InChI=1S/C60H113NO10/c1-4-7-10-13-16-19-22-25-27-30-33-36-39-42-45-48-55(65)71-58-57(67)56(66)54(49-62)70-60(58)69-50-51(52(63)46-43-40-37-34-31-28-24-21-18-15-12-9-6-3)61-59(68)53(64)47-44-41-38-35-32-29-26-23-20-17-14-11-8-5-2/h19,22,43,46,51-54,56-58,60,62-64,66-67H,4-18,20-21,23-42,44-45,47-50H2,1-3H3,(H,61,68)/b22-19-,46-43+. The topological polar surface area (TPSA) is 175 Å². The van der Waals surface area contributed by atoms with Crippen molar-refractivity contribution in [1.82, 2.24) is 5.32 Å². The first-order valence-electron chi connectivity index (χ1n) is 30.1. The summed E-state index contributed by atoms with van der Waals surface area (Å²) in [5.41, 5.74) is 0. The molecule has 11 heteroatoms. The van der Waals surface area contributed by atoms with Gasteiger partial charge in [0, 0.05) is 6.42 Å². The average Bonchev–Trinajstić information content (AvgIpc) is 3.37. The van der Waals surface area contributed by atoms with Crippen molar-refractivity contribution in [1.29, 1.82) is 0 Å². The molecule has 0 aromatic heterocycles. The minimum absolute atomic E-state index is 0.122. The van der Waals surface area contributed by atoms with Gasteiger partial charge in [0.15, 0.2) is 12.4 Å². The molecular formula is C60H113NO10. The van der Waals surface area contributed by atoms with Crippen LogP contribution in [0.25, 0.3) is 0 Å². The second-order valence-electron chi connectivity index (χ2n) is 21.1. The van der Waals surface area contributed by atoms with Gasteiger partial charge in [-0.1, -0.05) is 251 Å². The monoisotopic (exact) mass is 1010 g/mol. The Bertz CT molecular complexity index is 1250. The van der Waals surface area contributed by atoms with Crippen LogP contribution in [-0.2, 0) is 23.8 Å². The lowest BCUT2D eigenvalue weighted by atomic mass is 9.99. The van der Waals surface area contributed by atoms with Crippen LogP contribution in [0.5, 0.6) is 0 Å². The first kappa shape index (κ1) is 67.2. The van der Waals surface area contributed by atoms with Crippen LogP contribution in [0.15, 0.2) is 24.3 Å². The first-order chi connectivity index (χ1) is 34.7. The predicted octanol–water partition coefficient (Wildman–Crippen LogP) is 13.7. The highest BCUT2D eigenvalue weighted by atomic mass is 16.7. The van der Waals surface area contributed by atoms with Gasteiger partial charge in [0.25, 0.3) is 0 Å². The quantitative estimate of drug-likeness (QED) is 0.0195. The van der Waals surface area contributed by atoms with Crippen LogP contribution in [0.1, 0.15) is 284 Å². The molecule has 1 fully saturated rings. The Morgan fingerprint density at radius 1 is 0.535 bits per heavy atom. The Labute approximate surface area is 435 Å². The normalized spacial score (nSPS) is 19.7. The lowest BCUT2D eigenvalue weighted by Gasteiger charge is -2.41. The summed E-state index contributed by atoms with van der Waals surface area (Å²) < 4.78 is 17.6. The van der Waals surface area contributed by atoms with Crippen molar-refractivity contribution in [2.24, 2.45) is 0 Å². The highest BCUT2D eigenvalue weighted by molar-refractivity contribution is 5.80. The van der Waals surface area contributed by atoms with E-state index in [4.69, 9.17) is 14.2 Å².